The van der Waals surface area contributed by atoms with Gasteiger partial charge in [-0.2, -0.15) is 5.10 Å². The molecule has 0 saturated carbocycles. The fourth-order valence-electron chi connectivity index (χ4n) is 3.20. The van der Waals surface area contributed by atoms with E-state index in [1.165, 1.54) is 14.2 Å². The summed E-state index contributed by atoms with van der Waals surface area (Å²) in [6, 6.07) is 14.8. The number of carbonyl (C=O) groups is 2. The molecule has 0 saturated heterocycles. The van der Waals surface area contributed by atoms with Crippen molar-refractivity contribution in [2.45, 2.75) is 20.4 Å². The number of aromatic nitrogens is 2. The van der Waals surface area contributed by atoms with Gasteiger partial charge in [0, 0.05) is 6.54 Å². The third-order valence-corrected chi connectivity index (χ3v) is 4.64. The van der Waals surface area contributed by atoms with Gasteiger partial charge in [-0.05, 0) is 43.7 Å². The first kappa shape index (κ1) is 20.1. The zero-order chi connectivity index (χ0) is 21.0. The highest BCUT2D eigenvalue weighted by Gasteiger charge is 2.20. The summed E-state index contributed by atoms with van der Waals surface area (Å²) in [5, 5.41) is 7.40. The van der Waals surface area contributed by atoms with Crippen molar-refractivity contribution in [1.29, 1.82) is 0 Å². The average molecular weight is 393 g/mol. The van der Waals surface area contributed by atoms with Crippen molar-refractivity contribution in [3.05, 3.63) is 76.6 Å². The maximum absolute atomic E-state index is 12.8. The molecule has 0 spiro atoms. The van der Waals surface area contributed by atoms with Crippen molar-refractivity contribution in [1.82, 2.24) is 15.1 Å². The fourth-order valence-corrected chi connectivity index (χ4v) is 3.20. The highest BCUT2D eigenvalue weighted by molar-refractivity contribution is 5.96. The summed E-state index contributed by atoms with van der Waals surface area (Å²) in [5.74, 6) is -0.300. The van der Waals surface area contributed by atoms with E-state index in [2.05, 4.69) is 10.4 Å². The first-order chi connectivity index (χ1) is 14.0. The van der Waals surface area contributed by atoms with Crippen LogP contribution in [-0.4, -0.2) is 35.9 Å². The molecule has 2 aromatic carbocycles. The number of esters is 1. The maximum atomic E-state index is 12.8. The van der Waals surface area contributed by atoms with E-state index in [1.807, 2.05) is 44.2 Å². The van der Waals surface area contributed by atoms with E-state index < -0.39 is 5.97 Å². The number of rotatable bonds is 6. The summed E-state index contributed by atoms with van der Waals surface area (Å²) in [6.45, 7) is 3.93. The lowest BCUT2D eigenvalue weighted by Crippen LogP contribution is -2.24. The minimum Gasteiger partial charge on any atom is -0.496 e. The molecule has 0 aliphatic heterocycles. The van der Waals surface area contributed by atoms with Gasteiger partial charge in [0.15, 0.2) is 0 Å². The van der Waals surface area contributed by atoms with E-state index in [9.17, 15) is 9.59 Å². The highest BCUT2D eigenvalue weighted by atomic mass is 16.5. The number of ether oxygens (including phenoxy) is 2. The Hall–Kier alpha value is -3.61. The molecule has 1 N–H and O–H groups in total. The number of hydrogen-bond donors (Lipinski definition) is 1. The van der Waals surface area contributed by atoms with Crippen LogP contribution in [0, 0.1) is 13.8 Å². The molecule has 0 radical (unpaired) electrons. The van der Waals surface area contributed by atoms with Crippen LogP contribution in [0.1, 0.15) is 37.7 Å². The van der Waals surface area contributed by atoms with Gasteiger partial charge in [-0.1, -0.05) is 24.3 Å². The summed E-state index contributed by atoms with van der Waals surface area (Å²) in [4.78, 5) is 24.8. The standard InChI is InChI=1S/C22H23N3O4/c1-14-20(15(2)25(24-14)17-8-6-5-7-9-17)21(26)23-13-16-10-11-19(28-3)18(12-16)22(27)29-4/h5-12H,13H2,1-4H3,(H,23,26). The SMILES string of the molecule is COC(=O)c1cc(CNC(=O)c2c(C)nn(-c3ccccc3)c2C)ccc1OC. The summed E-state index contributed by atoms with van der Waals surface area (Å²) >= 11 is 0. The Balaban J connectivity index is 1.80. The zero-order valence-corrected chi connectivity index (χ0v) is 16.9. The molecule has 150 valence electrons. The van der Waals surface area contributed by atoms with Gasteiger partial charge in [-0.25, -0.2) is 9.48 Å². The van der Waals surface area contributed by atoms with Gasteiger partial charge in [0.25, 0.3) is 5.91 Å². The summed E-state index contributed by atoms with van der Waals surface area (Å²) < 4.78 is 11.7. The van der Waals surface area contributed by atoms with Crippen molar-refractivity contribution >= 4 is 11.9 Å². The van der Waals surface area contributed by atoms with Gasteiger partial charge in [0.05, 0.1) is 36.9 Å². The van der Waals surface area contributed by atoms with Crippen molar-refractivity contribution in [3.8, 4) is 11.4 Å². The van der Waals surface area contributed by atoms with Crippen molar-refractivity contribution in [2.24, 2.45) is 0 Å². The number of aryl methyl sites for hydroxylation is 1. The topological polar surface area (TPSA) is 82.5 Å². The predicted octanol–water partition coefficient (Wildman–Crippen LogP) is 3.21. The molecule has 1 amide bonds. The van der Waals surface area contributed by atoms with Gasteiger partial charge in [0.1, 0.15) is 11.3 Å². The molecule has 1 heterocycles. The first-order valence-electron chi connectivity index (χ1n) is 9.11. The average Bonchev–Trinajstić information content (AvgIpc) is 3.05. The van der Waals surface area contributed by atoms with Gasteiger partial charge in [-0.15, -0.1) is 0 Å². The van der Waals surface area contributed by atoms with Crippen LogP contribution in [0.3, 0.4) is 0 Å². The Morgan fingerprint density at radius 1 is 1.07 bits per heavy atom. The third kappa shape index (κ3) is 4.13. The molecule has 7 heteroatoms. The molecule has 7 nitrogen and oxygen atoms in total. The number of nitrogens with zero attached hydrogens (tertiary/aromatic N) is 2. The largest absolute Gasteiger partial charge is 0.496 e. The summed E-state index contributed by atoms with van der Waals surface area (Å²) in [6.07, 6.45) is 0. The number of hydrogen-bond acceptors (Lipinski definition) is 5. The minimum atomic E-state index is -0.495. The second-order valence-electron chi connectivity index (χ2n) is 6.50. The molecule has 0 aliphatic rings. The monoisotopic (exact) mass is 393 g/mol. The number of benzene rings is 2. The third-order valence-electron chi connectivity index (χ3n) is 4.64. The first-order valence-corrected chi connectivity index (χ1v) is 9.11. The van der Waals surface area contributed by atoms with Gasteiger partial charge >= 0.3 is 5.97 Å². The fraction of sp³-hybridized carbons (Fsp3) is 0.227. The van der Waals surface area contributed by atoms with Crippen LogP contribution < -0.4 is 10.1 Å². The van der Waals surface area contributed by atoms with E-state index in [1.54, 1.807) is 22.9 Å². The van der Waals surface area contributed by atoms with Crippen molar-refractivity contribution < 1.29 is 19.1 Å². The predicted molar refractivity (Wildman–Crippen MR) is 109 cm³/mol. The second kappa shape index (κ2) is 8.60. The van der Waals surface area contributed by atoms with Crippen molar-refractivity contribution in [2.75, 3.05) is 14.2 Å². The van der Waals surface area contributed by atoms with Crippen LogP contribution in [0.5, 0.6) is 5.75 Å². The molecular formula is C22H23N3O4. The number of amides is 1. The normalized spacial score (nSPS) is 10.5. The van der Waals surface area contributed by atoms with E-state index in [0.717, 1.165) is 16.9 Å². The highest BCUT2D eigenvalue weighted by Crippen LogP contribution is 2.21. The van der Waals surface area contributed by atoms with E-state index in [4.69, 9.17) is 9.47 Å². The van der Waals surface area contributed by atoms with Gasteiger partial charge in [-0.3, -0.25) is 4.79 Å². The molecule has 3 aromatic rings. The number of methoxy groups -OCH3 is 2. The van der Waals surface area contributed by atoms with Crippen LogP contribution in [0.4, 0.5) is 0 Å². The molecule has 0 atom stereocenters. The zero-order valence-electron chi connectivity index (χ0n) is 16.9. The summed E-state index contributed by atoms with van der Waals surface area (Å²) in [5.41, 5.74) is 3.90. The quantitative estimate of drug-likeness (QED) is 0.650. The molecule has 3 rings (SSSR count). The van der Waals surface area contributed by atoms with Crippen LogP contribution in [-0.2, 0) is 11.3 Å². The molecule has 0 unspecified atom stereocenters. The Bertz CT molecular complexity index is 1040. The van der Waals surface area contributed by atoms with Gasteiger partial charge < -0.3 is 14.8 Å². The summed E-state index contributed by atoms with van der Waals surface area (Å²) in [7, 11) is 2.80. The maximum Gasteiger partial charge on any atom is 0.341 e. The Morgan fingerprint density at radius 2 is 1.79 bits per heavy atom. The van der Waals surface area contributed by atoms with Crippen LogP contribution in [0.2, 0.25) is 0 Å². The number of nitrogens with one attached hydrogen (secondary N) is 1. The lowest BCUT2D eigenvalue weighted by molar-refractivity contribution is 0.0597. The lowest BCUT2D eigenvalue weighted by atomic mass is 10.1. The minimum absolute atomic E-state index is 0.224. The van der Waals surface area contributed by atoms with Gasteiger partial charge in [0.2, 0.25) is 0 Å². The second-order valence-corrected chi connectivity index (χ2v) is 6.50. The van der Waals surface area contributed by atoms with Crippen LogP contribution in [0.25, 0.3) is 5.69 Å². The number of carbonyl (C=O) groups excluding carboxylic acids is 2. The molecule has 0 bridgehead atoms. The van der Waals surface area contributed by atoms with E-state index in [-0.39, 0.29) is 12.5 Å². The Kier molecular flexibility index (Phi) is 5.97. The number of para-hydroxylation sites is 1. The lowest BCUT2D eigenvalue weighted by Gasteiger charge is -2.10. The van der Waals surface area contributed by atoms with E-state index >= 15 is 0 Å². The molecular weight excluding hydrogens is 370 g/mol. The molecule has 1 aromatic heterocycles. The van der Waals surface area contributed by atoms with Crippen LogP contribution in [0.15, 0.2) is 48.5 Å². The van der Waals surface area contributed by atoms with Crippen LogP contribution >= 0.6 is 0 Å². The molecule has 0 fully saturated rings. The van der Waals surface area contributed by atoms with Crippen molar-refractivity contribution in [3.63, 3.8) is 0 Å². The Labute approximate surface area is 169 Å². The molecule has 29 heavy (non-hydrogen) atoms. The molecule has 0 aliphatic carbocycles. The Morgan fingerprint density at radius 3 is 2.45 bits per heavy atom. The smallest absolute Gasteiger partial charge is 0.341 e. The van der Waals surface area contributed by atoms with E-state index in [0.29, 0.717) is 22.6 Å².